The number of aromatic nitrogens is 2. The van der Waals surface area contributed by atoms with E-state index in [-0.39, 0.29) is 0 Å². The molecule has 2 heterocycles. The molecule has 2 N–H and O–H groups in total. The van der Waals surface area contributed by atoms with Crippen molar-refractivity contribution in [2.75, 3.05) is 5.32 Å². The lowest BCUT2D eigenvalue weighted by Crippen LogP contribution is -2.05. The first kappa shape index (κ1) is 18.1. The maximum Gasteiger partial charge on any atom is 0.416 e. The Kier molecular flexibility index (Phi) is 4.77. The molecule has 142 valence electrons. The van der Waals surface area contributed by atoms with Crippen LogP contribution in [0.3, 0.4) is 0 Å². The summed E-state index contributed by atoms with van der Waals surface area (Å²) in [5.41, 5.74) is 4.33. The SMILES string of the molecule is FC(F)(F)c1ccc(CNc2ccc(Cc3c[nH]c4ncccc34)cc2)cc1. The molecule has 0 fully saturated rings. The Morgan fingerprint density at radius 2 is 1.61 bits per heavy atom. The third-order valence-electron chi connectivity index (χ3n) is 4.66. The van der Waals surface area contributed by atoms with E-state index in [9.17, 15) is 13.2 Å². The topological polar surface area (TPSA) is 40.7 Å². The Morgan fingerprint density at radius 1 is 0.893 bits per heavy atom. The number of pyridine rings is 1. The molecular formula is C22H18F3N3. The van der Waals surface area contributed by atoms with Gasteiger partial charge in [0, 0.05) is 30.0 Å². The molecule has 0 radical (unpaired) electrons. The van der Waals surface area contributed by atoms with Gasteiger partial charge >= 0.3 is 6.18 Å². The van der Waals surface area contributed by atoms with E-state index >= 15 is 0 Å². The maximum atomic E-state index is 12.6. The number of aromatic amines is 1. The van der Waals surface area contributed by atoms with E-state index in [0.29, 0.717) is 6.54 Å². The van der Waals surface area contributed by atoms with Gasteiger partial charge in [0.15, 0.2) is 0 Å². The van der Waals surface area contributed by atoms with E-state index in [4.69, 9.17) is 0 Å². The number of anilines is 1. The average Bonchev–Trinajstić information content (AvgIpc) is 3.10. The number of H-pyrrole nitrogens is 1. The normalized spacial score (nSPS) is 11.7. The van der Waals surface area contributed by atoms with Crippen LogP contribution in [0.25, 0.3) is 11.0 Å². The fourth-order valence-corrected chi connectivity index (χ4v) is 3.13. The van der Waals surface area contributed by atoms with Crippen LogP contribution >= 0.6 is 0 Å². The van der Waals surface area contributed by atoms with Crippen molar-refractivity contribution in [3.8, 4) is 0 Å². The van der Waals surface area contributed by atoms with E-state index in [0.717, 1.165) is 40.8 Å². The number of fused-ring (bicyclic) bond motifs is 1. The molecule has 0 amide bonds. The molecule has 6 heteroatoms. The molecule has 3 nitrogen and oxygen atoms in total. The van der Waals surface area contributed by atoms with Crippen LogP contribution in [0.1, 0.15) is 22.3 Å². The lowest BCUT2D eigenvalue weighted by molar-refractivity contribution is -0.137. The largest absolute Gasteiger partial charge is 0.416 e. The second-order valence-electron chi connectivity index (χ2n) is 6.64. The minimum atomic E-state index is -4.30. The Bertz CT molecular complexity index is 1060. The Labute approximate surface area is 160 Å². The summed E-state index contributed by atoms with van der Waals surface area (Å²) in [6.07, 6.45) is 0.238. The molecule has 4 rings (SSSR count). The minimum absolute atomic E-state index is 0.464. The van der Waals surface area contributed by atoms with Gasteiger partial charge in [0.25, 0.3) is 0 Å². The summed E-state index contributed by atoms with van der Waals surface area (Å²) in [4.78, 5) is 7.48. The minimum Gasteiger partial charge on any atom is -0.381 e. The van der Waals surface area contributed by atoms with Crippen molar-refractivity contribution in [2.45, 2.75) is 19.1 Å². The number of hydrogen-bond donors (Lipinski definition) is 2. The first-order valence-electron chi connectivity index (χ1n) is 8.89. The van der Waals surface area contributed by atoms with Crippen molar-refractivity contribution in [3.63, 3.8) is 0 Å². The molecule has 0 bridgehead atoms. The fraction of sp³-hybridized carbons (Fsp3) is 0.136. The number of nitrogens with one attached hydrogen (secondary N) is 2. The highest BCUT2D eigenvalue weighted by Gasteiger charge is 2.29. The van der Waals surface area contributed by atoms with E-state index in [1.54, 1.807) is 6.20 Å². The summed E-state index contributed by atoms with van der Waals surface area (Å²) in [5.74, 6) is 0. The quantitative estimate of drug-likeness (QED) is 0.460. The van der Waals surface area contributed by atoms with Gasteiger partial charge in [0.05, 0.1) is 5.56 Å². The molecule has 28 heavy (non-hydrogen) atoms. The van der Waals surface area contributed by atoms with Gasteiger partial charge in [-0.15, -0.1) is 0 Å². The third kappa shape index (κ3) is 4.01. The molecule has 0 unspecified atom stereocenters. The van der Waals surface area contributed by atoms with Crippen LogP contribution < -0.4 is 5.32 Å². The van der Waals surface area contributed by atoms with Gasteiger partial charge in [-0.1, -0.05) is 24.3 Å². The zero-order valence-electron chi connectivity index (χ0n) is 14.9. The summed E-state index contributed by atoms with van der Waals surface area (Å²) in [6, 6.07) is 17.2. The van der Waals surface area contributed by atoms with Gasteiger partial charge in [0.1, 0.15) is 5.65 Å². The standard InChI is InChI=1S/C22H18F3N3/c23-22(24,25)18-7-3-16(4-8-18)13-27-19-9-5-15(6-10-19)12-17-14-28-21-20(17)2-1-11-26-21/h1-11,14,27H,12-13H2,(H,26,28). The number of benzene rings is 2. The third-order valence-corrected chi connectivity index (χ3v) is 4.66. The van der Waals surface area contributed by atoms with Gasteiger partial charge in [-0.3, -0.25) is 0 Å². The van der Waals surface area contributed by atoms with Crippen molar-refractivity contribution in [2.24, 2.45) is 0 Å². The number of alkyl halides is 3. The average molecular weight is 381 g/mol. The first-order chi connectivity index (χ1) is 13.5. The second-order valence-corrected chi connectivity index (χ2v) is 6.64. The number of halogens is 3. The van der Waals surface area contributed by atoms with Gasteiger partial charge in [0.2, 0.25) is 0 Å². The molecule has 0 saturated carbocycles. The predicted octanol–water partition coefficient (Wildman–Crippen LogP) is 5.78. The summed E-state index contributed by atoms with van der Waals surface area (Å²) in [6.45, 7) is 0.464. The Balaban J connectivity index is 1.38. The van der Waals surface area contributed by atoms with Crippen LogP contribution in [-0.4, -0.2) is 9.97 Å². The van der Waals surface area contributed by atoms with E-state index in [1.807, 2.05) is 42.6 Å². The lowest BCUT2D eigenvalue weighted by atomic mass is 10.0. The van der Waals surface area contributed by atoms with Crippen molar-refractivity contribution in [1.29, 1.82) is 0 Å². The van der Waals surface area contributed by atoms with Crippen LogP contribution in [0.15, 0.2) is 73.1 Å². The number of rotatable bonds is 5. The van der Waals surface area contributed by atoms with E-state index in [2.05, 4.69) is 15.3 Å². The highest BCUT2D eigenvalue weighted by atomic mass is 19.4. The highest BCUT2D eigenvalue weighted by molar-refractivity contribution is 5.79. The van der Waals surface area contributed by atoms with Crippen molar-refractivity contribution in [1.82, 2.24) is 9.97 Å². The molecule has 0 atom stereocenters. The second kappa shape index (κ2) is 7.38. The molecule has 0 aliphatic carbocycles. The smallest absolute Gasteiger partial charge is 0.381 e. The molecule has 0 saturated heterocycles. The first-order valence-corrected chi connectivity index (χ1v) is 8.89. The van der Waals surface area contributed by atoms with Gasteiger partial charge < -0.3 is 10.3 Å². The fourth-order valence-electron chi connectivity index (χ4n) is 3.13. The van der Waals surface area contributed by atoms with Crippen LogP contribution in [0.4, 0.5) is 18.9 Å². The molecule has 0 aliphatic heterocycles. The van der Waals surface area contributed by atoms with Crippen LogP contribution in [-0.2, 0) is 19.1 Å². The summed E-state index contributed by atoms with van der Waals surface area (Å²) < 4.78 is 37.8. The van der Waals surface area contributed by atoms with Crippen molar-refractivity contribution in [3.05, 3.63) is 95.3 Å². The molecule has 4 aromatic rings. The molecule has 0 aliphatic rings. The van der Waals surface area contributed by atoms with Gasteiger partial charge in [-0.25, -0.2) is 4.98 Å². The summed E-state index contributed by atoms with van der Waals surface area (Å²) in [7, 11) is 0. The zero-order chi connectivity index (χ0) is 19.6. The summed E-state index contributed by atoms with van der Waals surface area (Å²) in [5, 5.41) is 4.36. The maximum absolute atomic E-state index is 12.6. The number of nitrogens with zero attached hydrogens (tertiary/aromatic N) is 1. The zero-order valence-corrected chi connectivity index (χ0v) is 14.9. The van der Waals surface area contributed by atoms with Crippen molar-refractivity contribution >= 4 is 16.7 Å². The monoisotopic (exact) mass is 381 g/mol. The van der Waals surface area contributed by atoms with E-state index in [1.165, 1.54) is 23.3 Å². The van der Waals surface area contributed by atoms with Crippen molar-refractivity contribution < 1.29 is 13.2 Å². The molecular weight excluding hydrogens is 363 g/mol. The van der Waals surface area contributed by atoms with Crippen LogP contribution in [0.2, 0.25) is 0 Å². The van der Waals surface area contributed by atoms with Crippen LogP contribution in [0, 0.1) is 0 Å². The van der Waals surface area contributed by atoms with E-state index < -0.39 is 11.7 Å². The van der Waals surface area contributed by atoms with Gasteiger partial charge in [-0.05, 0) is 59.5 Å². The molecule has 2 aromatic heterocycles. The summed E-state index contributed by atoms with van der Waals surface area (Å²) >= 11 is 0. The predicted molar refractivity (Wildman–Crippen MR) is 104 cm³/mol. The Hall–Kier alpha value is -3.28. The molecule has 2 aromatic carbocycles. The van der Waals surface area contributed by atoms with Gasteiger partial charge in [-0.2, -0.15) is 13.2 Å². The molecule has 0 spiro atoms. The number of hydrogen-bond acceptors (Lipinski definition) is 2. The van der Waals surface area contributed by atoms with Crippen LogP contribution in [0.5, 0.6) is 0 Å². The highest BCUT2D eigenvalue weighted by Crippen LogP contribution is 2.29. The Morgan fingerprint density at radius 3 is 2.32 bits per heavy atom. The lowest BCUT2D eigenvalue weighted by Gasteiger charge is -2.10.